The van der Waals surface area contributed by atoms with Gasteiger partial charge in [0.25, 0.3) is 0 Å². The number of hydroxylamine groups is 1. The topological polar surface area (TPSA) is 116 Å². The minimum Gasteiger partial charge on any atom is -0.409 e. The Morgan fingerprint density at radius 2 is 1.69 bits per heavy atom. The highest BCUT2D eigenvalue weighted by molar-refractivity contribution is 7.79. The Balaban J connectivity index is 0.000000385. The summed E-state index contributed by atoms with van der Waals surface area (Å²) < 4.78 is 31.6. The second-order valence-corrected chi connectivity index (χ2v) is 3.38. The first-order valence-corrected chi connectivity index (χ1v) is 5.58. The van der Waals surface area contributed by atoms with E-state index in [-0.39, 0.29) is 6.61 Å². The van der Waals surface area contributed by atoms with Crippen LogP contribution in [0.5, 0.6) is 5.75 Å². The zero-order valence-corrected chi connectivity index (χ0v) is 9.09. The normalized spacial score (nSPS) is 10.2. The molecule has 16 heavy (non-hydrogen) atoms. The Hall–Kier alpha value is -1.19. The smallest absolute Gasteiger partial charge is 0.394 e. The van der Waals surface area contributed by atoms with Gasteiger partial charge in [-0.05, 0) is 12.1 Å². The molecule has 0 bridgehead atoms. The largest absolute Gasteiger partial charge is 0.409 e. The van der Waals surface area contributed by atoms with Crippen molar-refractivity contribution in [3.63, 3.8) is 0 Å². The monoisotopic (exact) mass is 251 g/mol. The minimum absolute atomic E-state index is 0.0762. The molecular formula is C8H13NO6S. The SMILES string of the molecule is O=S(=O)(O)O.OCCNOc1ccccc1. The molecular weight excluding hydrogens is 238 g/mol. The first-order chi connectivity index (χ1) is 7.43. The van der Waals surface area contributed by atoms with Gasteiger partial charge in [0.05, 0.1) is 13.2 Å². The molecule has 0 heterocycles. The molecule has 1 aromatic carbocycles. The highest BCUT2D eigenvalue weighted by atomic mass is 32.3. The first-order valence-electron chi connectivity index (χ1n) is 4.19. The fourth-order valence-corrected chi connectivity index (χ4v) is 0.669. The van der Waals surface area contributed by atoms with Crippen LogP contribution in [0.1, 0.15) is 0 Å². The second kappa shape index (κ2) is 8.02. The van der Waals surface area contributed by atoms with Gasteiger partial charge in [-0.3, -0.25) is 9.11 Å². The van der Waals surface area contributed by atoms with Crippen LogP contribution < -0.4 is 10.3 Å². The second-order valence-electron chi connectivity index (χ2n) is 2.48. The molecule has 1 aromatic rings. The van der Waals surface area contributed by atoms with Crippen molar-refractivity contribution >= 4 is 10.4 Å². The number of para-hydroxylation sites is 1. The van der Waals surface area contributed by atoms with Crippen LogP contribution in [0.2, 0.25) is 0 Å². The van der Waals surface area contributed by atoms with Crippen molar-refractivity contribution in [2.45, 2.75) is 0 Å². The Morgan fingerprint density at radius 3 is 2.12 bits per heavy atom. The van der Waals surface area contributed by atoms with E-state index in [4.69, 9.17) is 27.5 Å². The number of hydrogen-bond acceptors (Lipinski definition) is 5. The highest BCUT2D eigenvalue weighted by Gasteiger charge is 1.88. The van der Waals surface area contributed by atoms with E-state index in [0.29, 0.717) is 6.54 Å². The first kappa shape index (κ1) is 14.8. The predicted molar refractivity (Wildman–Crippen MR) is 56.3 cm³/mol. The predicted octanol–water partition coefficient (Wildman–Crippen LogP) is -0.0905. The van der Waals surface area contributed by atoms with Crippen LogP contribution in [-0.2, 0) is 10.4 Å². The van der Waals surface area contributed by atoms with Gasteiger partial charge in [0, 0.05) is 0 Å². The maximum atomic E-state index is 8.74. The van der Waals surface area contributed by atoms with Crippen molar-refractivity contribution in [3.05, 3.63) is 30.3 Å². The number of rotatable bonds is 4. The zero-order valence-electron chi connectivity index (χ0n) is 8.28. The van der Waals surface area contributed by atoms with Crippen LogP contribution in [0.25, 0.3) is 0 Å². The zero-order chi connectivity index (χ0) is 12.4. The van der Waals surface area contributed by atoms with Gasteiger partial charge in [-0.2, -0.15) is 13.9 Å². The molecule has 0 saturated heterocycles. The van der Waals surface area contributed by atoms with Crippen LogP contribution in [0, 0.1) is 0 Å². The van der Waals surface area contributed by atoms with Gasteiger partial charge in [-0.25, -0.2) is 0 Å². The van der Waals surface area contributed by atoms with E-state index in [1.165, 1.54) is 0 Å². The summed E-state index contributed by atoms with van der Waals surface area (Å²) >= 11 is 0. The van der Waals surface area contributed by atoms with Crippen LogP contribution in [0.3, 0.4) is 0 Å². The maximum absolute atomic E-state index is 8.74. The van der Waals surface area contributed by atoms with Gasteiger partial charge in [0.1, 0.15) is 5.75 Å². The summed E-state index contributed by atoms with van der Waals surface area (Å²) in [5, 5.41) is 8.40. The summed E-state index contributed by atoms with van der Waals surface area (Å²) in [4.78, 5) is 5.04. The third-order valence-electron chi connectivity index (χ3n) is 1.15. The molecule has 0 aliphatic heterocycles. The molecule has 0 saturated carbocycles. The molecule has 0 aromatic heterocycles. The summed E-state index contributed by atoms with van der Waals surface area (Å²) in [6.07, 6.45) is 0. The van der Waals surface area contributed by atoms with Gasteiger partial charge in [0.15, 0.2) is 0 Å². The Morgan fingerprint density at radius 1 is 1.19 bits per heavy atom. The fourth-order valence-electron chi connectivity index (χ4n) is 0.669. The van der Waals surface area contributed by atoms with Crippen LogP contribution in [-0.4, -0.2) is 35.8 Å². The number of benzene rings is 1. The molecule has 0 fully saturated rings. The summed E-state index contributed by atoms with van der Waals surface area (Å²) in [5.74, 6) is 0.751. The highest BCUT2D eigenvalue weighted by Crippen LogP contribution is 2.05. The molecule has 7 nitrogen and oxygen atoms in total. The van der Waals surface area contributed by atoms with Gasteiger partial charge >= 0.3 is 10.4 Å². The average molecular weight is 251 g/mol. The van der Waals surface area contributed by atoms with Crippen molar-refractivity contribution < 1.29 is 27.5 Å². The lowest BCUT2D eigenvalue weighted by atomic mass is 10.3. The van der Waals surface area contributed by atoms with Gasteiger partial charge < -0.3 is 9.94 Å². The Bertz CT molecular complexity index is 357. The van der Waals surface area contributed by atoms with Crippen molar-refractivity contribution in [2.75, 3.05) is 13.2 Å². The minimum atomic E-state index is -4.67. The molecule has 8 heteroatoms. The molecule has 0 unspecified atom stereocenters. The van der Waals surface area contributed by atoms with Crippen molar-refractivity contribution in [3.8, 4) is 5.75 Å². The van der Waals surface area contributed by atoms with Crippen molar-refractivity contribution in [2.24, 2.45) is 0 Å². The third kappa shape index (κ3) is 12.8. The molecule has 0 atom stereocenters. The lowest BCUT2D eigenvalue weighted by molar-refractivity contribution is 0.164. The molecule has 0 radical (unpaired) electrons. The third-order valence-corrected chi connectivity index (χ3v) is 1.15. The van der Waals surface area contributed by atoms with Crippen molar-refractivity contribution in [1.29, 1.82) is 0 Å². The number of nitrogens with one attached hydrogen (secondary N) is 1. The average Bonchev–Trinajstić information content (AvgIpc) is 2.17. The number of aliphatic hydroxyl groups excluding tert-OH is 1. The molecule has 0 aliphatic rings. The van der Waals surface area contributed by atoms with Crippen molar-refractivity contribution in [1.82, 2.24) is 5.48 Å². The lowest BCUT2D eigenvalue weighted by Gasteiger charge is -2.03. The molecule has 4 N–H and O–H groups in total. The quantitative estimate of drug-likeness (QED) is 0.335. The lowest BCUT2D eigenvalue weighted by Crippen LogP contribution is -2.21. The Labute approximate surface area is 93.2 Å². The summed E-state index contributed by atoms with van der Waals surface area (Å²) in [6, 6.07) is 9.36. The molecule has 92 valence electrons. The van der Waals surface area contributed by atoms with E-state index in [1.807, 2.05) is 30.3 Å². The van der Waals surface area contributed by atoms with E-state index in [9.17, 15) is 0 Å². The number of hydrogen-bond donors (Lipinski definition) is 4. The van der Waals surface area contributed by atoms with Gasteiger partial charge in [-0.1, -0.05) is 18.2 Å². The summed E-state index contributed by atoms with van der Waals surface area (Å²) in [7, 11) is -4.67. The van der Waals surface area contributed by atoms with Crippen LogP contribution in [0.4, 0.5) is 0 Å². The molecule has 0 amide bonds. The van der Waals surface area contributed by atoms with E-state index in [2.05, 4.69) is 5.48 Å². The Kier molecular flexibility index (Phi) is 7.42. The van der Waals surface area contributed by atoms with Gasteiger partial charge in [0.2, 0.25) is 0 Å². The van der Waals surface area contributed by atoms with E-state index in [0.717, 1.165) is 5.75 Å². The van der Waals surface area contributed by atoms with E-state index < -0.39 is 10.4 Å². The van der Waals surface area contributed by atoms with Gasteiger partial charge in [-0.15, -0.1) is 0 Å². The van der Waals surface area contributed by atoms with E-state index in [1.54, 1.807) is 0 Å². The number of aliphatic hydroxyl groups is 1. The molecule has 0 aliphatic carbocycles. The summed E-state index contributed by atoms with van der Waals surface area (Å²) in [6.45, 7) is 0.516. The van der Waals surface area contributed by atoms with Crippen LogP contribution in [0.15, 0.2) is 30.3 Å². The van der Waals surface area contributed by atoms with Crippen LogP contribution >= 0.6 is 0 Å². The summed E-state index contributed by atoms with van der Waals surface area (Å²) in [5.41, 5.74) is 2.60. The fraction of sp³-hybridized carbons (Fsp3) is 0.250. The standard InChI is InChI=1S/C8H11NO2.H2O4S/c10-7-6-9-11-8-4-2-1-3-5-8;1-5(2,3)4/h1-5,9-10H,6-7H2;(H2,1,2,3,4). The molecule has 0 spiro atoms. The van der Waals surface area contributed by atoms with E-state index >= 15 is 0 Å². The molecule has 1 rings (SSSR count). The maximum Gasteiger partial charge on any atom is 0.394 e.